The second kappa shape index (κ2) is 6.72. The van der Waals surface area contributed by atoms with Gasteiger partial charge in [0.15, 0.2) is 0 Å². The Labute approximate surface area is 127 Å². The van der Waals surface area contributed by atoms with Crippen molar-refractivity contribution in [2.45, 2.75) is 26.4 Å². The third-order valence-corrected chi connectivity index (χ3v) is 4.01. The van der Waals surface area contributed by atoms with Crippen molar-refractivity contribution in [3.05, 3.63) is 44.9 Å². The number of aromatic nitrogens is 1. The van der Waals surface area contributed by atoms with Crippen LogP contribution in [0.1, 0.15) is 28.9 Å². The zero-order valence-electron chi connectivity index (χ0n) is 11.1. The predicted octanol–water partition coefficient (Wildman–Crippen LogP) is 3.61. The van der Waals surface area contributed by atoms with Crippen LogP contribution in [0, 0.1) is 5.41 Å². The van der Waals surface area contributed by atoms with Crippen molar-refractivity contribution in [2.24, 2.45) is 5.73 Å². The molecule has 1 aromatic carbocycles. The minimum atomic E-state index is 0.0729. The summed E-state index contributed by atoms with van der Waals surface area (Å²) >= 11 is 7.24. The Kier molecular flexibility index (Phi) is 4.98. The Bertz CT molecular complexity index is 595. The maximum Gasteiger partial charge on any atom is 0.140 e. The van der Waals surface area contributed by atoms with Crippen LogP contribution in [0.25, 0.3) is 0 Å². The van der Waals surface area contributed by atoms with Crippen LogP contribution < -0.4 is 10.5 Å². The highest BCUT2D eigenvalue weighted by Crippen LogP contribution is 2.22. The maximum atomic E-state index is 7.58. The summed E-state index contributed by atoms with van der Waals surface area (Å²) in [6.07, 6.45) is 1.80. The molecule has 0 saturated heterocycles. The molecule has 1 aromatic heterocycles. The highest BCUT2D eigenvalue weighted by molar-refractivity contribution is 7.13. The van der Waals surface area contributed by atoms with Gasteiger partial charge in [-0.25, -0.2) is 4.98 Å². The number of nitrogen functional groups attached to an aromatic ring is 1. The number of rotatable bonds is 6. The second-order valence-corrected chi connectivity index (χ2v) is 5.81. The van der Waals surface area contributed by atoms with Gasteiger partial charge in [0.25, 0.3) is 0 Å². The molecule has 0 atom stereocenters. The number of aryl methyl sites for hydroxylation is 1. The molecule has 0 saturated carbocycles. The molecule has 20 heavy (non-hydrogen) atoms. The van der Waals surface area contributed by atoms with Crippen molar-refractivity contribution in [2.75, 3.05) is 0 Å². The molecule has 0 bridgehead atoms. The van der Waals surface area contributed by atoms with E-state index in [0.29, 0.717) is 11.6 Å². The van der Waals surface area contributed by atoms with E-state index < -0.39 is 0 Å². The van der Waals surface area contributed by atoms with Gasteiger partial charge in [0.05, 0.1) is 10.6 Å². The fourth-order valence-corrected chi connectivity index (χ4v) is 2.77. The summed E-state index contributed by atoms with van der Waals surface area (Å²) in [7, 11) is 0. The number of nitrogens with zero attached hydrogens (tertiary/aromatic N) is 1. The molecule has 6 heteroatoms. The van der Waals surface area contributed by atoms with Crippen molar-refractivity contribution in [1.82, 2.24) is 4.98 Å². The van der Waals surface area contributed by atoms with E-state index in [-0.39, 0.29) is 5.84 Å². The van der Waals surface area contributed by atoms with E-state index in [2.05, 4.69) is 11.9 Å². The van der Waals surface area contributed by atoms with Crippen LogP contribution in [-0.4, -0.2) is 10.8 Å². The molecule has 106 valence electrons. The minimum absolute atomic E-state index is 0.0729. The molecule has 0 radical (unpaired) electrons. The Morgan fingerprint density at radius 2 is 2.10 bits per heavy atom. The fourth-order valence-electron chi connectivity index (χ4n) is 1.76. The largest absolute Gasteiger partial charge is 0.486 e. The smallest absolute Gasteiger partial charge is 0.140 e. The van der Waals surface area contributed by atoms with Crippen molar-refractivity contribution in [3.8, 4) is 5.75 Å². The molecule has 4 nitrogen and oxygen atoms in total. The molecular weight excluding hydrogens is 294 g/mol. The standard InChI is InChI=1S/C14H16ClN3OS/c1-2-3-11-13(14(16)17)20-12(18-11)8-19-10-6-4-9(15)5-7-10/h4-7H,2-3,8H2,1H3,(H3,16,17). The fraction of sp³-hybridized carbons (Fsp3) is 0.286. The summed E-state index contributed by atoms with van der Waals surface area (Å²) < 4.78 is 5.65. The molecule has 0 unspecified atom stereocenters. The third-order valence-electron chi connectivity index (χ3n) is 2.65. The number of halogens is 1. The lowest BCUT2D eigenvalue weighted by Crippen LogP contribution is -2.11. The van der Waals surface area contributed by atoms with E-state index in [0.717, 1.165) is 34.2 Å². The van der Waals surface area contributed by atoms with Crippen LogP contribution in [0.4, 0.5) is 0 Å². The number of nitrogens with two attached hydrogens (primary N) is 1. The van der Waals surface area contributed by atoms with Crippen LogP contribution >= 0.6 is 22.9 Å². The van der Waals surface area contributed by atoms with Gasteiger partial charge in [-0.1, -0.05) is 24.9 Å². The first kappa shape index (κ1) is 14.8. The number of amidine groups is 1. The Morgan fingerprint density at radius 3 is 2.70 bits per heavy atom. The molecule has 0 fully saturated rings. The van der Waals surface area contributed by atoms with E-state index in [4.69, 9.17) is 27.5 Å². The van der Waals surface area contributed by atoms with E-state index in [9.17, 15) is 0 Å². The zero-order valence-corrected chi connectivity index (χ0v) is 12.7. The SMILES string of the molecule is CCCc1nc(COc2ccc(Cl)cc2)sc1C(=N)N. The van der Waals surface area contributed by atoms with Crippen molar-refractivity contribution in [1.29, 1.82) is 5.41 Å². The molecule has 0 amide bonds. The topological polar surface area (TPSA) is 72.0 Å². The number of benzene rings is 1. The van der Waals surface area contributed by atoms with Gasteiger partial charge in [-0.15, -0.1) is 11.3 Å². The van der Waals surface area contributed by atoms with Gasteiger partial charge >= 0.3 is 0 Å². The molecule has 0 spiro atoms. The first-order chi connectivity index (χ1) is 9.60. The van der Waals surface area contributed by atoms with Gasteiger partial charge in [-0.05, 0) is 30.7 Å². The first-order valence-corrected chi connectivity index (χ1v) is 7.51. The van der Waals surface area contributed by atoms with Gasteiger partial charge in [0.1, 0.15) is 23.2 Å². The van der Waals surface area contributed by atoms with Crippen molar-refractivity contribution in [3.63, 3.8) is 0 Å². The monoisotopic (exact) mass is 309 g/mol. The summed E-state index contributed by atoms with van der Waals surface area (Å²) in [4.78, 5) is 5.25. The summed E-state index contributed by atoms with van der Waals surface area (Å²) in [5.41, 5.74) is 6.47. The maximum absolute atomic E-state index is 7.58. The van der Waals surface area contributed by atoms with Crippen LogP contribution in [0.2, 0.25) is 5.02 Å². The number of hydrogen-bond acceptors (Lipinski definition) is 4. The Hall–Kier alpha value is -1.59. The van der Waals surface area contributed by atoms with Crippen LogP contribution in [0.3, 0.4) is 0 Å². The highest BCUT2D eigenvalue weighted by atomic mass is 35.5. The predicted molar refractivity (Wildman–Crippen MR) is 82.9 cm³/mol. The minimum Gasteiger partial charge on any atom is -0.486 e. The number of hydrogen-bond donors (Lipinski definition) is 2. The van der Waals surface area contributed by atoms with Crippen molar-refractivity contribution >= 4 is 28.8 Å². The van der Waals surface area contributed by atoms with E-state index >= 15 is 0 Å². The number of nitrogens with one attached hydrogen (secondary N) is 1. The molecule has 2 aromatic rings. The van der Waals surface area contributed by atoms with E-state index in [1.807, 2.05) is 12.1 Å². The van der Waals surface area contributed by atoms with Gasteiger partial charge < -0.3 is 10.5 Å². The number of ether oxygens (including phenoxy) is 1. The zero-order chi connectivity index (χ0) is 14.5. The summed E-state index contributed by atoms with van der Waals surface area (Å²) in [5, 5.41) is 9.08. The summed E-state index contributed by atoms with van der Waals surface area (Å²) in [6, 6.07) is 7.19. The van der Waals surface area contributed by atoms with Gasteiger partial charge in [0, 0.05) is 5.02 Å². The summed E-state index contributed by atoms with van der Waals surface area (Å²) in [6.45, 7) is 2.45. The van der Waals surface area contributed by atoms with Gasteiger partial charge in [-0.2, -0.15) is 0 Å². The van der Waals surface area contributed by atoms with Gasteiger partial charge in [0.2, 0.25) is 0 Å². The molecular formula is C14H16ClN3OS. The quantitative estimate of drug-likeness (QED) is 0.632. The van der Waals surface area contributed by atoms with Crippen LogP contribution in [0.5, 0.6) is 5.75 Å². The van der Waals surface area contributed by atoms with E-state index in [1.54, 1.807) is 12.1 Å². The second-order valence-electron chi connectivity index (χ2n) is 4.29. The number of thiazole rings is 1. The molecule has 0 aliphatic carbocycles. The average Bonchev–Trinajstić information content (AvgIpc) is 2.82. The van der Waals surface area contributed by atoms with Crippen molar-refractivity contribution < 1.29 is 4.74 Å². The molecule has 3 N–H and O–H groups in total. The lowest BCUT2D eigenvalue weighted by atomic mass is 10.2. The van der Waals surface area contributed by atoms with Crippen LogP contribution in [-0.2, 0) is 13.0 Å². The molecule has 0 aliphatic rings. The molecule has 2 rings (SSSR count). The highest BCUT2D eigenvalue weighted by Gasteiger charge is 2.13. The Balaban J connectivity index is 2.07. The average molecular weight is 310 g/mol. The third kappa shape index (κ3) is 3.71. The molecule has 1 heterocycles. The molecule has 0 aliphatic heterocycles. The lowest BCUT2D eigenvalue weighted by Gasteiger charge is -2.03. The first-order valence-electron chi connectivity index (χ1n) is 6.31. The van der Waals surface area contributed by atoms with E-state index in [1.165, 1.54) is 11.3 Å². The Morgan fingerprint density at radius 1 is 1.40 bits per heavy atom. The van der Waals surface area contributed by atoms with Crippen LogP contribution in [0.15, 0.2) is 24.3 Å². The van der Waals surface area contributed by atoms with Gasteiger partial charge in [-0.3, -0.25) is 5.41 Å². The normalized spacial score (nSPS) is 10.5. The lowest BCUT2D eigenvalue weighted by molar-refractivity contribution is 0.305. The summed E-state index contributed by atoms with van der Waals surface area (Å²) in [5.74, 6) is 0.815.